The normalized spacial score (nSPS) is 10.3. The molecule has 11 heavy (non-hydrogen) atoms. The summed E-state index contributed by atoms with van der Waals surface area (Å²) in [5.41, 5.74) is 0. The van der Waals surface area contributed by atoms with E-state index in [1.54, 1.807) is 4.90 Å². The predicted molar refractivity (Wildman–Crippen MR) is 46.5 cm³/mol. The molecule has 66 valence electrons. The number of nitrogens with zero attached hydrogens (tertiary/aromatic N) is 2. The molecule has 0 aromatic rings. The molecule has 0 aliphatic rings. The maximum atomic E-state index is 11.2. The van der Waals surface area contributed by atoms with Gasteiger partial charge < -0.3 is 4.90 Å². The second-order valence-corrected chi connectivity index (χ2v) is 2.74. The maximum Gasteiger partial charge on any atom is 0.236 e. The molecule has 0 N–H and O–H groups in total. The first kappa shape index (κ1) is 10.4. The Balaban J connectivity index is 3.68. The molecular formula is C8H18N2O. The molecule has 0 bridgehead atoms. The van der Waals surface area contributed by atoms with Crippen molar-refractivity contribution in [3.05, 3.63) is 0 Å². The van der Waals surface area contributed by atoms with Crippen LogP contribution in [-0.4, -0.2) is 49.4 Å². The summed E-state index contributed by atoms with van der Waals surface area (Å²) in [5.74, 6) is 0.192. The van der Waals surface area contributed by atoms with Crippen LogP contribution in [0.3, 0.4) is 0 Å². The van der Waals surface area contributed by atoms with Crippen molar-refractivity contribution in [3.63, 3.8) is 0 Å². The van der Waals surface area contributed by atoms with Gasteiger partial charge in [0, 0.05) is 13.6 Å². The number of amides is 1. The van der Waals surface area contributed by atoms with Gasteiger partial charge in [-0.25, -0.2) is 0 Å². The Morgan fingerprint density at radius 3 is 2.09 bits per heavy atom. The highest BCUT2D eigenvalue weighted by Gasteiger charge is 2.07. The average molecular weight is 158 g/mol. The molecule has 0 aliphatic heterocycles. The van der Waals surface area contributed by atoms with E-state index in [4.69, 9.17) is 0 Å². The van der Waals surface area contributed by atoms with Crippen molar-refractivity contribution in [3.8, 4) is 0 Å². The van der Waals surface area contributed by atoms with Crippen LogP contribution in [0.4, 0.5) is 0 Å². The molecule has 0 aromatic carbocycles. The van der Waals surface area contributed by atoms with Crippen LogP contribution < -0.4 is 0 Å². The number of carbonyl (C=O) groups is 1. The minimum atomic E-state index is 0.192. The number of likely N-dealkylation sites (N-methyl/N-ethyl adjacent to an activating group) is 2. The highest BCUT2D eigenvalue weighted by molar-refractivity contribution is 5.77. The van der Waals surface area contributed by atoms with E-state index < -0.39 is 0 Å². The topological polar surface area (TPSA) is 23.6 Å². The lowest BCUT2D eigenvalue weighted by Gasteiger charge is -2.19. The Hall–Kier alpha value is -0.570. The first-order valence-electron chi connectivity index (χ1n) is 4.04. The van der Waals surface area contributed by atoms with Crippen LogP contribution in [-0.2, 0) is 4.79 Å². The Kier molecular flexibility index (Phi) is 4.86. The molecule has 0 rings (SSSR count). The number of carbonyl (C=O) groups excluding carboxylic acids is 1. The fourth-order valence-electron chi connectivity index (χ4n) is 0.640. The molecule has 1 amide bonds. The van der Waals surface area contributed by atoms with Gasteiger partial charge in [0.2, 0.25) is 5.91 Å². The van der Waals surface area contributed by atoms with Crippen LogP contribution in [0, 0.1) is 0 Å². The van der Waals surface area contributed by atoms with Gasteiger partial charge in [0.05, 0.1) is 6.54 Å². The lowest BCUT2D eigenvalue weighted by atomic mass is 10.4. The summed E-state index contributed by atoms with van der Waals surface area (Å²) in [4.78, 5) is 15.0. The van der Waals surface area contributed by atoms with E-state index in [9.17, 15) is 4.79 Å². The number of hydrogen-bond donors (Lipinski definition) is 0. The second kappa shape index (κ2) is 5.13. The molecule has 0 aromatic heterocycles. The highest BCUT2D eigenvalue weighted by Crippen LogP contribution is 1.87. The third-order valence-corrected chi connectivity index (χ3v) is 1.85. The second-order valence-electron chi connectivity index (χ2n) is 2.74. The molecule has 3 heteroatoms. The zero-order valence-corrected chi connectivity index (χ0v) is 7.92. The lowest BCUT2D eigenvalue weighted by molar-refractivity contribution is -0.130. The minimum Gasteiger partial charge on any atom is -0.345 e. The molecule has 0 heterocycles. The maximum absolute atomic E-state index is 11.2. The monoisotopic (exact) mass is 158 g/mol. The molecule has 0 radical (unpaired) electrons. The molecule has 3 nitrogen and oxygen atoms in total. The zero-order valence-electron chi connectivity index (χ0n) is 7.92. The Bertz CT molecular complexity index is 125. The molecule has 0 saturated carbocycles. The van der Waals surface area contributed by atoms with Crippen molar-refractivity contribution in [2.75, 3.05) is 33.7 Å². The van der Waals surface area contributed by atoms with E-state index >= 15 is 0 Å². The standard InChI is InChI=1S/C8H18N2O/c1-5-9(3)7-8(11)10(4)6-2/h5-7H2,1-4H3. The van der Waals surface area contributed by atoms with Crippen molar-refractivity contribution in [2.24, 2.45) is 0 Å². The quantitative estimate of drug-likeness (QED) is 0.592. The largest absolute Gasteiger partial charge is 0.345 e. The first-order chi connectivity index (χ1) is 5.11. The summed E-state index contributed by atoms with van der Waals surface area (Å²) in [7, 11) is 3.77. The van der Waals surface area contributed by atoms with E-state index in [0.717, 1.165) is 13.1 Å². The Morgan fingerprint density at radius 1 is 1.18 bits per heavy atom. The van der Waals surface area contributed by atoms with Crippen molar-refractivity contribution >= 4 is 5.91 Å². The fraction of sp³-hybridized carbons (Fsp3) is 0.875. The Labute approximate surface area is 69.0 Å². The molecule has 0 spiro atoms. The van der Waals surface area contributed by atoms with Crippen LogP contribution >= 0.6 is 0 Å². The summed E-state index contributed by atoms with van der Waals surface area (Å²) >= 11 is 0. The van der Waals surface area contributed by atoms with Gasteiger partial charge in [0.15, 0.2) is 0 Å². The van der Waals surface area contributed by atoms with E-state index in [1.807, 2.05) is 32.8 Å². The molecular weight excluding hydrogens is 140 g/mol. The van der Waals surface area contributed by atoms with Gasteiger partial charge in [0.25, 0.3) is 0 Å². The molecule has 0 atom stereocenters. The zero-order chi connectivity index (χ0) is 8.85. The Morgan fingerprint density at radius 2 is 1.73 bits per heavy atom. The van der Waals surface area contributed by atoms with Crippen LogP contribution in [0.5, 0.6) is 0 Å². The van der Waals surface area contributed by atoms with Crippen molar-refractivity contribution in [1.82, 2.24) is 9.80 Å². The smallest absolute Gasteiger partial charge is 0.236 e. The van der Waals surface area contributed by atoms with Crippen molar-refractivity contribution in [1.29, 1.82) is 0 Å². The number of hydrogen-bond acceptors (Lipinski definition) is 2. The van der Waals surface area contributed by atoms with E-state index in [2.05, 4.69) is 0 Å². The van der Waals surface area contributed by atoms with Gasteiger partial charge in [-0.1, -0.05) is 6.92 Å². The highest BCUT2D eigenvalue weighted by atomic mass is 16.2. The molecule has 0 unspecified atom stereocenters. The van der Waals surface area contributed by atoms with E-state index in [0.29, 0.717) is 6.54 Å². The van der Waals surface area contributed by atoms with Crippen LogP contribution in [0.1, 0.15) is 13.8 Å². The minimum absolute atomic E-state index is 0.192. The SMILES string of the molecule is CCN(C)CC(=O)N(C)CC. The van der Waals surface area contributed by atoms with Crippen LogP contribution in [0.15, 0.2) is 0 Å². The van der Waals surface area contributed by atoms with Gasteiger partial charge in [-0.05, 0) is 20.5 Å². The molecule has 0 fully saturated rings. The number of rotatable bonds is 4. The molecule has 0 aliphatic carbocycles. The van der Waals surface area contributed by atoms with Gasteiger partial charge in [-0.15, -0.1) is 0 Å². The summed E-state index contributed by atoms with van der Waals surface area (Å²) in [6, 6.07) is 0. The molecule has 0 saturated heterocycles. The van der Waals surface area contributed by atoms with Gasteiger partial charge >= 0.3 is 0 Å². The average Bonchev–Trinajstić information content (AvgIpc) is 2.02. The summed E-state index contributed by atoms with van der Waals surface area (Å²) in [6.07, 6.45) is 0. The predicted octanol–water partition coefficient (Wildman–Crippen LogP) is 0.416. The van der Waals surface area contributed by atoms with Crippen molar-refractivity contribution in [2.45, 2.75) is 13.8 Å². The summed E-state index contributed by atoms with van der Waals surface area (Å²) in [5, 5.41) is 0. The van der Waals surface area contributed by atoms with Crippen LogP contribution in [0.25, 0.3) is 0 Å². The van der Waals surface area contributed by atoms with Gasteiger partial charge in [-0.2, -0.15) is 0 Å². The van der Waals surface area contributed by atoms with E-state index in [-0.39, 0.29) is 5.91 Å². The lowest BCUT2D eigenvalue weighted by Crippen LogP contribution is -2.36. The van der Waals surface area contributed by atoms with E-state index in [1.165, 1.54) is 0 Å². The summed E-state index contributed by atoms with van der Waals surface area (Å²) < 4.78 is 0. The van der Waals surface area contributed by atoms with Gasteiger partial charge in [0.1, 0.15) is 0 Å². The van der Waals surface area contributed by atoms with Crippen LogP contribution in [0.2, 0.25) is 0 Å². The first-order valence-corrected chi connectivity index (χ1v) is 4.04. The van der Waals surface area contributed by atoms with Crippen molar-refractivity contribution < 1.29 is 4.79 Å². The summed E-state index contributed by atoms with van der Waals surface area (Å²) in [6.45, 7) is 6.25. The van der Waals surface area contributed by atoms with Gasteiger partial charge in [-0.3, -0.25) is 9.69 Å². The fourth-order valence-corrected chi connectivity index (χ4v) is 0.640. The third-order valence-electron chi connectivity index (χ3n) is 1.85. The third kappa shape index (κ3) is 3.98.